The van der Waals surface area contributed by atoms with Crippen LogP contribution in [0.4, 0.5) is 10.2 Å². The van der Waals surface area contributed by atoms with Crippen molar-refractivity contribution in [1.82, 2.24) is 29.9 Å². The van der Waals surface area contributed by atoms with Crippen LogP contribution in [-0.4, -0.2) is 59.3 Å². The Hall–Kier alpha value is -2.82. The second kappa shape index (κ2) is 7.34. The van der Waals surface area contributed by atoms with Crippen molar-refractivity contribution in [3.05, 3.63) is 28.5 Å². The summed E-state index contributed by atoms with van der Waals surface area (Å²) in [4.78, 5) is 11.4. The van der Waals surface area contributed by atoms with Crippen molar-refractivity contribution in [3.8, 4) is 11.3 Å². The molecule has 4 N–H and O–H groups in total. The van der Waals surface area contributed by atoms with Crippen molar-refractivity contribution >= 4 is 39.5 Å². The molecule has 33 heavy (non-hydrogen) atoms. The zero-order valence-electron chi connectivity index (χ0n) is 18.3. The van der Waals surface area contributed by atoms with Crippen molar-refractivity contribution in [2.45, 2.75) is 57.1 Å². The van der Waals surface area contributed by atoms with Crippen LogP contribution in [0.5, 0.6) is 0 Å². The van der Waals surface area contributed by atoms with Gasteiger partial charge in [0.1, 0.15) is 22.5 Å². The molecule has 0 spiro atoms. The lowest BCUT2D eigenvalue weighted by molar-refractivity contribution is 0.202. The van der Waals surface area contributed by atoms with Crippen LogP contribution >= 0.6 is 11.6 Å². The molecule has 0 unspecified atom stereocenters. The van der Waals surface area contributed by atoms with Gasteiger partial charge < -0.3 is 15.7 Å². The lowest BCUT2D eigenvalue weighted by Crippen LogP contribution is -2.56. The number of hydrogen-bond donors (Lipinski definition) is 3. The predicted molar refractivity (Wildman–Crippen MR) is 124 cm³/mol. The summed E-state index contributed by atoms with van der Waals surface area (Å²) in [6.07, 6.45) is 0.974. The number of aliphatic hydroxyl groups is 1. The third-order valence-corrected chi connectivity index (χ3v) is 7.59. The van der Waals surface area contributed by atoms with Crippen molar-refractivity contribution in [3.63, 3.8) is 0 Å². The predicted octanol–water partition coefficient (Wildman–Crippen LogP) is 2.77. The highest BCUT2D eigenvalue weighted by atomic mass is 35.5. The molecule has 4 atom stereocenters. The molecule has 0 amide bonds. The SMILES string of the molecule is Cc1c(-c2[nH]nc3nc(N4[C@H]5CC[C@@H]4[C@@H](F)[C@@H](N)C5)c(CO)nc23)ccc2nn(C)c(Cl)c12. The van der Waals surface area contributed by atoms with Crippen molar-refractivity contribution in [2.24, 2.45) is 12.8 Å². The summed E-state index contributed by atoms with van der Waals surface area (Å²) in [5.74, 6) is 0.493. The average Bonchev–Trinajstić information content (AvgIpc) is 3.45. The van der Waals surface area contributed by atoms with E-state index in [1.165, 1.54) is 0 Å². The van der Waals surface area contributed by atoms with Crippen LogP contribution < -0.4 is 10.6 Å². The van der Waals surface area contributed by atoms with Crippen LogP contribution in [0.2, 0.25) is 5.15 Å². The maximum absolute atomic E-state index is 14.9. The van der Waals surface area contributed by atoms with E-state index in [9.17, 15) is 9.50 Å². The number of halogens is 2. The fourth-order valence-electron chi connectivity index (χ4n) is 5.56. The number of nitrogens with two attached hydrogens (primary N) is 1. The minimum absolute atomic E-state index is 0.0878. The van der Waals surface area contributed by atoms with E-state index in [0.717, 1.165) is 28.5 Å². The Kier molecular flexibility index (Phi) is 4.62. The van der Waals surface area contributed by atoms with E-state index in [0.29, 0.717) is 46.4 Å². The number of H-pyrrole nitrogens is 1. The summed E-state index contributed by atoms with van der Waals surface area (Å²) >= 11 is 6.48. The van der Waals surface area contributed by atoms with Gasteiger partial charge in [-0.25, -0.2) is 14.4 Å². The van der Waals surface area contributed by atoms with Crippen LogP contribution in [0, 0.1) is 6.92 Å². The topological polar surface area (TPSA) is 122 Å². The monoisotopic (exact) mass is 470 g/mol. The van der Waals surface area contributed by atoms with E-state index in [1.807, 2.05) is 24.0 Å². The molecule has 6 rings (SSSR count). The molecular formula is C22H24ClFN8O. The number of nitrogens with one attached hydrogen (secondary N) is 1. The standard InChI is InChI=1S/C22H24ClFN8O/c1-9-11(4-5-13-16(9)20(23)31(2)30-13)18-19-21(29-28-18)27-22(14(8-33)26-19)32-10-3-6-15(32)17(24)12(25)7-10/h4-5,10,12,15,17,33H,3,6-8,25H2,1-2H3,(H,27,28,29)/t10-,12-,15+,17-/m0/s1. The van der Waals surface area contributed by atoms with E-state index < -0.39 is 12.2 Å². The highest BCUT2D eigenvalue weighted by Crippen LogP contribution is 2.41. The van der Waals surface area contributed by atoms with Gasteiger partial charge in [0.15, 0.2) is 5.82 Å². The minimum atomic E-state index is -1.14. The van der Waals surface area contributed by atoms with Gasteiger partial charge in [0.2, 0.25) is 5.65 Å². The molecule has 2 bridgehead atoms. The Bertz CT molecular complexity index is 1400. The van der Waals surface area contributed by atoms with Gasteiger partial charge in [-0.05, 0) is 37.8 Å². The largest absolute Gasteiger partial charge is 0.390 e. The molecule has 5 heterocycles. The second-order valence-corrected chi connectivity index (χ2v) is 9.38. The quantitative estimate of drug-likeness (QED) is 0.421. The first kappa shape index (κ1) is 20.8. The first-order chi connectivity index (χ1) is 15.9. The molecule has 2 aliphatic rings. The van der Waals surface area contributed by atoms with Crippen molar-refractivity contribution in [2.75, 3.05) is 4.90 Å². The zero-order valence-corrected chi connectivity index (χ0v) is 19.0. The maximum Gasteiger partial charge on any atom is 0.202 e. The highest BCUT2D eigenvalue weighted by Gasteiger charge is 2.48. The number of aliphatic hydroxyl groups excluding tert-OH is 1. The zero-order chi connectivity index (χ0) is 23.0. The van der Waals surface area contributed by atoms with Gasteiger partial charge in [-0.15, -0.1) is 0 Å². The molecule has 0 aliphatic carbocycles. The number of aromatic amines is 1. The fourth-order valence-corrected chi connectivity index (χ4v) is 5.83. The van der Waals surface area contributed by atoms with E-state index in [4.69, 9.17) is 27.3 Å². The Morgan fingerprint density at radius 2 is 2.12 bits per heavy atom. The van der Waals surface area contributed by atoms with Gasteiger partial charge in [0, 0.05) is 30.1 Å². The molecule has 2 fully saturated rings. The molecule has 172 valence electrons. The lowest BCUT2D eigenvalue weighted by Gasteiger charge is -2.41. The third-order valence-electron chi connectivity index (χ3n) is 7.16. The molecule has 11 heteroatoms. The number of aromatic nitrogens is 6. The number of fused-ring (bicyclic) bond motifs is 4. The summed E-state index contributed by atoms with van der Waals surface area (Å²) in [6.45, 7) is 1.66. The summed E-state index contributed by atoms with van der Waals surface area (Å²) in [5.41, 5.74) is 10.7. The molecule has 0 saturated carbocycles. The van der Waals surface area contributed by atoms with Gasteiger partial charge in [-0.2, -0.15) is 10.2 Å². The van der Waals surface area contributed by atoms with Crippen LogP contribution in [0.3, 0.4) is 0 Å². The summed E-state index contributed by atoms with van der Waals surface area (Å²) in [5, 5.41) is 23.5. The van der Waals surface area contributed by atoms with Crippen molar-refractivity contribution < 1.29 is 9.50 Å². The molecule has 4 aromatic rings. The Morgan fingerprint density at radius 1 is 1.30 bits per heavy atom. The average molecular weight is 471 g/mol. The van der Waals surface area contributed by atoms with Crippen LogP contribution in [0.1, 0.15) is 30.5 Å². The van der Waals surface area contributed by atoms with Crippen molar-refractivity contribution in [1.29, 1.82) is 0 Å². The molecule has 2 saturated heterocycles. The first-order valence-corrected chi connectivity index (χ1v) is 11.4. The van der Waals surface area contributed by atoms with E-state index in [-0.39, 0.29) is 18.7 Å². The van der Waals surface area contributed by atoms with Gasteiger partial charge in [0.25, 0.3) is 0 Å². The lowest BCUT2D eigenvalue weighted by atomic mass is 9.96. The van der Waals surface area contributed by atoms with Gasteiger partial charge in [-0.1, -0.05) is 17.7 Å². The molecule has 9 nitrogen and oxygen atoms in total. The van der Waals surface area contributed by atoms with Gasteiger partial charge >= 0.3 is 0 Å². The molecule has 1 aromatic carbocycles. The Labute approximate surface area is 193 Å². The van der Waals surface area contributed by atoms with Gasteiger partial charge in [-0.3, -0.25) is 9.78 Å². The molecule has 3 aromatic heterocycles. The second-order valence-electron chi connectivity index (χ2n) is 9.02. The van der Waals surface area contributed by atoms with E-state index in [1.54, 1.807) is 11.7 Å². The molecule has 2 aliphatic heterocycles. The molecule has 0 radical (unpaired) electrons. The number of aryl methyl sites for hydroxylation is 2. The van der Waals surface area contributed by atoms with Crippen LogP contribution in [0.25, 0.3) is 33.3 Å². The number of anilines is 1. The van der Waals surface area contributed by atoms with E-state index >= 15 is 0 Å². The normalized spacial score (nSPS) is 25.0. The molecular weight excluding hydrogens is 447 g/mol. The van der Waals surface area contributed by atoms with Crippen LogP contribution in [-0.2, 0) is 13.7 Å². The minimum Gasteiger partial charge on any atom is -0.390 e. The highest BCUT2D eigenvalue weighted by molar-refractivity contribution is 6.35. The smallest absolute Gasteiger partial charge is 0.202 e. The number of piperidine rings is 1. The summed E-state index contributed by atoms with van der Waals surface area (Å²) < 4.78 is 16.5. The maximum atomic E-state index is 14.9. The number of benzene rings is 1. The third kappa shape index (κ3) is 2.90. The number of rotatable bonds is 3. The number of nitrogens with zero attached hydrogens (tertiary/aromatic N) is 6. The van der Waals surface area contributed by atoms with Gasteiger partial charge in [0.05, 0.1) is 23.9 Å². The first-order valence-electron chi connectivity index (χ1n) is 11.0. The van der Waals surface area contributed by atoms with Crippen LogP contribution in [0.15, 0.2) is 12.1 Å². The summed E-state index contributed by atoms with van der Waals surface area (Å²) in [7, 11) is 1.80. The fraction of sp³-hybridized carbons (Fsp3) is 0.455. The Balaban J connectivity index is 1.49. The number of hydrogen-bond acceptors (Lipinski definition) is 7. The van der Waals surface area contributed by atoms with E-state index in [2.05, 4.69) is 15.3 Å². The number of alkyl halides is 1. The summed E-state index contributed by atoms with van der Waals surface area (Å²) in [6, 6.07) is 3.11. The Morgan fingerprint density at radius 3 is 2.91 bits per heavy atom.